The van der Waals surface area contributed by atoms with E-state index in [0.717, 1.165) is 37.9 Å². The number of hydrogen-bond donors (Lipinski definition) is 1. The van der Waals surface area contributed by atoms with Crippen LogP contribution in [0, 0.1) is 0 Å². The van der Waals surface area contributed by atoms with E-state index in [1.807, 2.05) is 4.90 Å². The predicted molar refractivity (Wildman–Crippen MR) is 70.9 cm³/mol. The lowest BCUT2D eigenvalue weighted by molar-refractivity contribution is -0.137. The number of halogens is 4. The van der Waals surface area contributed by atoms with Gasteiger partial charge in [0.1, 0.15) is 5.82 Å². The van der Waals surface area contributed by atoms with E-state index in [1.54, 1.807) is 0 Å². The first kappa shape index (κ1) is 15.4. The SMILES string of the molecule is OCC1CCCCCN1c1ncc(C(F)(F)F)cc1Cl. The maximum Gasteiger partial charge on any atom is 0.417 e. The molecule has 0 aliphatic carbocycles. The lowest BCUT2D eigenvalue weighted by Crippen LogP contribution is -2.38. The first-order valence-corrected chi connectivity index (χ1v) is 6.91. The Bertz CT molecular complexity index is 467. The average Bonchev–Trinajstić information content (AvgIpc) is 2.62. The van der Waals surface area contributed by atoms with E-state index >= 15 is 0 Å². The third-order valence-electron chi connectivity index (χ3n) is 3.51. The van der Waals surface area contributed by atoms with Gasteiger partial charge in [-0.2, -0.15) is 13.2 Å². The molecule has 0 bridgehead atoms. The fourth-order valence-electron chi connectivity index (χ4n) is 2.44. The Morgan fingerprint density at radius 2 is 2.10 bits per heavy atom. The Morgan fingerprint density at radius 1 is 1.35 bits per heavy atom. The van der Waals surface area contributed by atoms with E-state index in [9.17, 15) is 18.3 Å². The number of aliphatic hydroxyl groups excluding tert-OH is 1. The van der Waals surface area contributed by atoms with E-state index in [1.165, 1.54) is 0 Å². The van der Waals surface area contributed by atoms with Crippen molar-refractivity contribution < 1.29 is 18.3 Å². The minimum Gasteiger partial charge on any atom is -0.394 e. The summed E-state index contributed by atoms with van der Waals surface area (Å²) in [4.78, 5) is 5.69. The Balaban J connectivity index is 2.31. The van der Waals surface area contributed by atoms with Gasteiger partial charge in [0.2, 0.25) is 0 Å². The summed E-state index contributed by atoms with van der Waals surface area (Å²) in [6.45, 7) is 0.586. The molecule has 1 aliphatic rings. The van der Waals surface area contributed by atoms with Gasteiger partial charge in [0.15, 0.2) is 0 Å². The zero-order chi connectivity index (χ0) is 14.8. The molecule has 0 amide bonds. The van der Waals surface area contributed by atoms with Crippen LogP contribution in [0.3, 0.4) is 0 Å². The largest absolute Gasteiger partial charge is 0.417 e. The smallest absolute Gasteiger partial charge is 0.394 e. The summed E-state index contributed by atoms with van der Waals surface area (Å²) in [5.41, 5.74) is -0.860. The highest BCUT2D eigenvalue weighted by molar-refractivity contribution is 6.33. The summed E-state index contributed by atoms with van der Waals surface area (Å²) in [5, 5.41) is 9.40. The van der Waals surface area contributed by atoms with Crippen molar-refractivity contribution in [1.29, 1.82) is 0 Å². The van der Waals surface area contributed by atoms with Gasteiger partial charge in [-0.25, -0.2) is 4.98 Å². The number of aromatic nitrogens is 1. The minimum atomic E-state index is -4.45. The van der Waals surface area contributed by atoms with E-state index in [-0.39, 0.29) is 17.7 Å². The van der Waals surface area contributed by atoms with E-state index in [4.69, 9.17) is 11.6 Å². The molecule has 2 rings (SSSR count). The number of hydrogen-bond acceptors (Lipinski definition) is 3. The molecule has 1 aromatic heterocycles. The Morgan fingerprint density at radius 3 is 2.70 bits per heavy atom. The van der Waals surface area contributed by atoms with E-state index in [0.29, 0.717) is 12.4 Å². The maximum atomic E-state index is 12.6. The molecule has 7 heteroatoms. The van der Waals surface area contributed by atoms with Gasteiger partial charge in [-0.3, -0.25) is 0 Å². The molecule has 1 unspecified atom stereocenters. The van der Waals surface area contributed by atoms with Crippen molar-refractivity contribution >= 4 is 17.4 Å². The summed E-state index contributed by atoms with van der Waals surface area (Å²) in [5.74, 6) is 0.320. The van der Waals surface area contributed by atoms with Crippen molar-refractivity contribution in [3.8, 4) is 0 Å². The van der Waals surface area contributed by atoms with Gasteiger partial charge >= 0.3 is 6.18 Å². The van der Waals surface area contributed by atoms with Crippen molar-refractivity contribution in [2.45, 2.75) is 37.9 Å². The van der Waals surface area contributed by atoms with Crippen molar-refractivity contribution in [3.05, 3.63) is 22.8 Å². The van der Waals surface area contributed by atoms with Crippen LogP contribution in [0.25, 0.3) is 0 Å². The van der Waals surface area contributed by atoms with Crippen molar-refractivity contribution in [3.63, 3.8) is 0 Å². The highest BCUT2D eigenvalue weighted by Crippen LogP contribution is 2.35. The van der Waals surface area contributed by atoms with Crippen LogP contribution in [0.4, 0.5) is 19.0 Å². The third-order valence-corrected chi connectivity index (χ3v) is 3.79. The van der Waals surface area contributed by atoms with Crippen LogP contribution in [0.15, 0.2) is 12.3 Å². The molecular weight excluding hydrogens is 293 g/mol. The fraction of sp³-hybridized carbons (Fsp3) is 0.615. The second-order valence-electron chi connectivity index (χ2n) is 4.91. The maximum absolute atomic E-state index is 12.6. The van der Waals surface area contributed by atoms with Crippen LogP contribution >= 0.6 is 11.6 Å². The predicted octanol–water partition coefficient (Wildman–Crippen LogP) is 3.50. The van der Waals surface area contributed by atoms with Crippen LogP contribution in [0.5, 0.6) is 0 Å². The van der Waals surface area contributed by atoms with Gasteiger partial charge in [0.05, 0.1) is 23.2 Å². The highest BCUT2D eigenvalue weighted by atomic mass is 35.5. The van der Waals surface area contributed by atoms with E-state index in [2.05, 4.69) is 4.98 Å². The monoisotopic (exact) mass is 308 g/mol. The first-order chi connectivity index (χ1) is 9.43. The lowest BCUT2D eigenvalue weighted by atomic mass is 10.1. The lowest BCUT2D eigenvalue weighted by Gasteiger charge is -2.30. The van der Waals surface area contributed by atoms with Crippen molar-refractivity contribution in [1.82, 2.24) is 4.98 Å². The summed E-state index contributed by atoms with van der Waals surface area (Å²) >= 11 is 5.96. The van der Waals surface area contributed by atoms with Crippen LogP contribution in [0.2, 0.25) is 5.02 Å². The molecule has 1 N–H and O–H groups in total. The Hall–Kier alpha value is -1.01. The molecule has 1 fully saturated rings. The molecule has 2 heterocycles. The number of rotatable bonds is 2. The average molecular weight is 309 g/mol. The second kappa shape index (κ2) is 6.18. The summed E-state index contributed by atoms with van der Waals surface area (Å²) in [7, 11) is 0. The molecule has 0 spiro atoms. The topological polar surface area (TPSA) is 36.4 Å². The summed E-state index contributed by atoms with van der Waals surface area (Å²) in [6.07, 6.45) is 0.0567. The fourth-order valence-corrected chi connectivity index (χ4v) is 2.72. The molecule has 1 aromatic rings. The van der Waals surface area contributed by atoms with Gasteiger partial charge in [0, 0.05) is 12.7 Å². The standard InChI is InChI=1S/C13H16ClF3N2O/c14-11-6-9(13(15,16)17)7-18-12(11)19-5-3-1-2-4-10(19)8-20/h6-7,10,20H,1-5,8H2. The normalized spacial score (nSPS) is 20.9. The van der Waals surface area contributed by atoms with Crippen LogP contribution in [-0.2, 0) is 6.18 Å². The quantitative estimate of drug-likeness (QED) is 0.908. The third kappa shape index (κ3) is 3.35. The molecule has 20 heavy (non-hydrogen) atoms. The second-order valence-corrected chi connectivity index (χ2v) is 5.31. The van der Waals surface area contributed by atoms with Crippen LogP contribution < -0.4 is 4.90 Å². The number of alkyl halides is 3. The Kier molecular flexibility index (Phi) is 4.75. The molecule has 0 saturated carbocycles. The minimum absolute atomic E-state index is 0.0276. The molecule has 0 radical (unpaired) electrons. The molecule has 3 nitrogen and oxygen atoms in total. The Labute approximate surface area is 120 Å². The number of anilines is 1. The van der Waals surface area contributed by atoms with Gasteiger partial charge < -0.3 is 10.0 Å². The molecule has 112 valence electrons. The molecule has 1 aliphatic heterocycles. The van der Waals surface area contributed by atoms with Gasteiger partial charge in [0.25, 0.3) is 0 Å². The van der Waals surface area contributed by atoms with Gasteiger partial charge in [-0.05, 0) is 18.9 Å². The zero-order valence-electron chi connectivity index (χ0n) is 10.8. The van der Waals surface area contributed by atoms with Crippen LogP contribution in [-0.4, -0.2) is 29.3 Å². The zero-order valence-corrected chi connectivity index (χ0v) is 11.6. The summed E-state index contributed by atoms with van der Waals surface area (Å²) in [6, 6.07) is 0.752. The number of aliphatic hydroxyl groups is 1. The number of pyridine rings is 1. The van der Waals surface area contributed by atoms with E-state index < -0.39 is 11.7 Å². The van der Waals surface area contributed by atoms with Gasteiger partial charge in [-0.15, -0.1) is 0 Å². The van der Waals surface area contributed by atoms with Crippen molar-refractivity contribution in [2.24, 2.45) is 0 Å². The number of nitrogens with zero attached hydrogens (tertiary/aromatic N) is 2. The molecular formula is C13H16ClF3N2O. The highest BCUT2D eigenvalue weighted by Gasteiger charge is 2.32. The summed E-state index contributed by atoms with van der Waals surface area (Å²) < 4.78 is 37.8. The first-order valence-electron chi connectivity index (χ1n) is 6.53. The van der Waals surface area contributed by atoms with Crippen LogP contribution in [0.1, 0.15) is 31.2 Å². The van der Waals surface area contributed by atoms with Crippen molar-refractivity contribution in [2.75, 3.05) is 18.1 Å². The molecule has 0 aromatic carbocycles. The molecule has 1 atom stereocenters. The van der Waals surface area contributed by atoms with Gasteiger partial charge in [-0.1, -0.05) is 24.4 Å². The molecule has 1 saturated heterocycles.